The number of Topliss-reactive ketones (excluding diaryl/α,β-unsaturated/α-hetero) is 2. The van der Waals surface area contributed by atoms with Crippen molar-refractivity contribution in [3.05, 3.63) is 64.4 Å². The largest absolute Gasteiger partial charge is 0.507 e. The van der Waals surface area contributed by atoms with Gasteiger partial charge in [-0.2, -0.15) is 0 Å². The highest BCUT2D eigenvalue weighted by atomic mass is 35.5. The van der Waals surface area contributed by atoms with Gasteiger partial charge in [0, 0.05) is 0 Å². The summed E-state index contributed by atoms with van der Waals surface area (Å²) in [6.45, 7) is 0. The molecule has 0 bridgehead atoms. The number of carbonyl (C=O) groups is 2. The monoisotopic (exact) mass is 316 g/mol. The van der Waals surface area contributed by atoms with E-state index in [-0.39, 0.29) is 16.9 Å². The second-order valence-electron chi connectivity index (χ2n) is 4.57. The molecular formula is C16H9ClO5. The van der Waals surface area contributed by atoms with Gasteiger partial charge in [-0.15, -0.1) is 0 Å². The molecule has 0 radical (unpaired) electrons. The van der Waals surface area contributed by atoms with Gasteiger partial charge in [0.25, 0.3) is 0 Å². The highest BCUT2D eigenvalue weighted by molar-refractivity contribution is 6.50. The SMILES string of the molecule is O=C1C(Cl)=C(Oc2ccccc2)C(=O)c2c(O)ccc(O)c21. The molecule has 0 heterocycles. The summed E-state index contributed by atoms with van der Waals surface area (Å²) in [7, 11) is 0. The molecule has 6 heteroatoms. The average molecular weight is 317 g/mol. The van der Waals surface area contributed by atoms with Crippen LogP contribution in [0.15, 0.2) is 53.3 Å². The summed E-state index contributed by atoms with van der Waals surface area (Å²) >= 11 is 5.92. The number of carbonyl (C=O) groups excluding carboxylic acids is 2. The number of benzene rings is 2. The van der Waals surface area contributed by atoms with Gasteiger partial charge in [-0.3, -0.25) is 9.59 Å². The molecule has 5 nitrogen and oxygen atoms in total. The first kappa shape index (κ1) is 14.2. The van der Waals surface area contributed by atoms with Gasteiger partial charge in [-0.1, -0.05) is 29.8 Å². The third kappa shape index (κ3) is 2.12. The van der Waals surface area contributed by atoms with E-state index in [0.717, 1.165) is 12.1 Å². The Labute approximate surface area is 130 Å². The zero-order valence-corrected chi connectivity index (χ0v) is 11.8. The van der Waals surface area contributed by atoms with Crippen molar-refractivity contribution < 1.29 is 24.5 Å². The van der Waals surface area contributed by atoms with E-state index in [1.807, 2.05) is 0 Å². The molecule has 3 rings (SSSR count). The number of aromatic hydroxyl groups is 2. The molecule has 0 atom stereocenters. The van der Waals surface area contributed by atoms with Crippen LogP contribution in [0.5, 0.6) is 17.2 Å². The molecular weight excluding hydrogens is 308 g/mol. The highest BCUT2D eigenvalue weighted by Gasteiger charge is 2.37. The number of ether oxygens (including phenoxy) is 1. The number of rotatable bonds is 2. The Bertz CT molecular complexity index is 824. The van der Waals surface area contributed by atoms with Crippen LogP contribution in [0.1, 0.15) is 20.7 Å². The van der Waals surface area contributed by atoms with Crippen LogP contribution in [0.2, 0.25) is 0 Å². The van der Waals surface area contributed by atoms with E-state index in [2.05, 4.69) is 0 Å². The van der Waals surface area contributed by atoms with Gasteiger partial charge in [0.15, 0.2) is 5.76 Å². The highest BCUT2D eigenvalue weighted by Crippen LogP contribution is 2.38. The van der Waals surface area contributed by atoms with Crippen molar-refractivity contribution in [3.8, 4) is 17.2 Å². The molecule has 0 aliphatic heterocycles. The number of para-hydroxylation sites is 1. The average Bonchev–Trinajstić information content (AvgIpc) is 2.52. The molecule has 0 fully saturated rings. The van der Waals surface area contributed by atoms with Crippen LogP contribution >= 0.6 is 11.6 Å². The van der Waals surface area contributed by atoms with E-state index >= 15 is 0 Å². The minimum atomic E-state index is -0.782. The second-order valence-corrected chi connectivity index (χ2v) is 4.95. The molecule has 110 valence electrons. The van der Waals surface area contributed by atoms with Crippen LogP contribution in [-0.2, 0) is 0 Å². The van der Waals surface area contributed by atoms with Gasteiger partial charge in [0.1, 0.15) is 22.3 Å². The number of phenolic OH excluding ortho intramolecular Hbond substituents is 2. The van der Waals surface area contributed by atoms with Crippen LogP contribution in [-0.4, -0.2) is 21.8 Å². The molecule has 0 amide bonds. The molecule has 0 aromatic heterocycles. The quantitative estimate of drug-likeness (QED) is 0.832. The Kier molecular flexibility index (Phi) is 3.35. The lowest BCUT2D eigenvalue weighted by molar-refractivity contribution is 0.0938. The fourth-order valence-electron chi connectivity index (χ4n) is 2.16. The maximum absolute atomic E-state index is 12.5. The van der Waals surface area contributed by atoms with E-state index in [1.54, 1.807) is 30.3 Å². The lowest BCUT2D eigenvalue weighted by Gasteiger charge is -2.19. The Morgan fingerprint density at radius 2 is 1.36 bits per heavy atom. The first-order valence-corrected chi connectivity index (χ1v) is 6.65. The van der Waals surface area contributed by atoms with E-state index in [1.165, 1.54) is 0 Å². The van der Waals surface area contributed by atoms with Crippen molar-refractivity contribution in [3.63, 3.8) is 0 Å². The van der Waals surface area contributed by atoms with Crippen LogP contribution in [0.4, 0.5) is 0 Å². The predicted molar refractivity (Wildman–Crippen MR) is 78.4 cm³/mol. The van der Waals surface area contributed by atoms with Crippen molar-refractivity contribution >= 4 is 23.2 Å². The molecule has 0 spiro atoms. The van der Waals surface area contributed by atoms with Gasteiger partial charge in [0.05, 0.1) is 11.1 Å². The van der Waals surface area contributed by atoms with Crippen molar-refractivity contribution in [2.24, 2.45) is 0 Å². The van der Waals surface area contributed by atoms with Crippen molar-refractivity contribution in [2.75, 3.05) is 0 Å². The molecule has 1 aliphatic carbocycles. The van der Waals surface area contributed by atoms with Gasteiger partial charge < -0.3 is 14.9 Å². The van der Waals surface area contributed by atoms with E-state index in [0.29, 0.717) is 5.75 Å². The number of ketones is 2. The number of halogens is 1. The Hall–Kier alpha value is -2.79. The van der Waals surface area contributed by atoms with Crippen LogP contribution < -0.4 is 4.74 Å². The van der Waals surface area contributed by atoms with Crippen molar-refractivity contribution in [1.82, 2.24) is 0 Å². The summed E-state index contributed by atoms with van der Waals surface area (Å²) in [6.07, 6.45) is 0. The zero-order chi connectivity index (χ0) is 15.9. The van der Waals surface area contributed by atoms with Crippen LogP contribution in [0, 0.1) is 0 Å². The third-order valence-electron chi connectivity index (χ3n) is 3.18. The van der Waals surface area contributed by atoms with Crippen LogP contribution in [0.3, 0.4) is 0 Å². The van der Waals surface area contributed by atoms with E-state index in [9.17, 15) is 19.8 Å². The summed E-state index contributed by atoms with van der Waals surface area (Å²) in [5.41, 5.74) is -0.643. The number of allylic oxidation sites excluding steroid dienone is 2. The number of fused-ring (bicyclic) bond motifs is 1. The summed E-state index contributed by atoms with van der Waals surface area (Å²) in [6, 6.07) is 10.6. The van der Waals surface area contributed by atoms with E-state index < -0.39 is 28.1 Å². The molecule has 0 saturated carbocycles. The van der Waals surface area contributed by atoms with E-state index in [4.69, 9.17) is 16.3 Å². The standard InChI is InChI=1S/C16H9ClO5/c17-13-14(20)11-9(18)6-7-10(19)12(11)15(21)16(13)22-8-4-2-1-3-5-8/h1-7,18-19H. The molecule has 0 unspecified atom stereocenters. The number of phenols is 2. The number of hydrogen-bond donors (Lipinski definition) is 2. The van der Waals surface area contributed by atoms with Crippen molar-refractivity contribution in [1.29, 1.82) is 0 Å². The van der Waals surface area contributed by atoms with Gasteiger partial charge in [0.2, 0.25) is 11.6 Å². The fourth-order valence-corrected chi connectivity index (χ4v) is 2.38. The van der Waals surface area contributed by atoms with Crippen LogP contribution in [0.25, 0.3) is 0 Å². The first-order chi connectivity index (χ1) is 10.5. The predicted octanol–water partition coefficient (Wildman–Crippen LogP) is 3.01. The fraction of sp³-hybridized carbons (Fsp3) is 0. The minimum Gasteiger partial charge on any atom is -0.507 e. The molecule has 2 aromatic carbocycles. The third-order valence-corrected chi connectivity index (χ3v) is 3.53. The smallest absolute Gasteiger partial charge is 0.234 e. The summed E-state index contributed by atoms with van der Waals surface area (Å²) in [4.78, 5) is 24.7. The first-order valence-electron chi connectivity index (χ1n) is 6.27. The van der Waals surface area contributed by atoms with Gasteiger partial charge in [-0.25, -0.2) is 0 Å². The van der Waals surface area contributed by atoms with Gasteiger partial charge in [-0.05, 0) is 24.3 Å². The molecule has 2 aromatic rings. The van der Waals surface area contributed by atoms with Crippen molar-refractivity contribution in [2.45, 2.75) is 0 Å². The lowest BCUT2D eigenvalue weighted by Crippen LogP contribution is -2.23. The summed E-state index contributed by atoms with van der Waals surface area (Å²) in [5.74, 6) is -2.47. The molecule has 2 N–H and O–H groups in total. The minimum absolute atomic E-state index is 0.319. The Balaban J connectivity index is 2.14. The second kappa shape index (κ2) is 5.20. The Morgan fingerprint density at radius 3 is 1.95 bits per heavy atom. The lowest BCUT2D eigenvalue weighted by atomic mass is 9.91. The maximum atomic E-state index is 12.5. The maximum Gasteiger partial charge on any atom is 0.234 e. The molecule has 0 saturated heterocycles. The molecule has 22 heavy (non-hydrogen) atoms. The number of hydrogen-bond acceptors (Lipinski definition) is 5. The summed E-state index contributed by atoms with van der Waals surface area (Å²) < 4.78 is 5.39. The van der Waals surface area contributed by atoms with Gasteiger partial charge >= 0.3 is 0 Å². The molecule has 1 aliphatic rings. The Morgan fingerprint density at radius 1 is 0.818 bits per heavy atom. The summed E-state index contributed by atoms with van der Waals surface area (Å²) in [5, 5.41) is 19.1. The zero-order valence-electron chi connectivity index (χ0n) is 11.0. The normalized spacial score (nSPS) is 14.0. The topological polar surface area (TPSA) is 83.8 Å².